The van der Waals surface area contributed by atoms with E-state index >= 15 is 0 Å². The molecule has 1 aliphatic carbocycles. The third-order valence-corrected chi connectivity index (χ3v) is 2.92. The Morgan fingerprint density at radius 2 is 2.28 bits per heavy atom. The van der Waals surface area contributed by atoms with Crippen LogP contribution in [0.3, 0.4) is 0 Å². The van der Waals surface area contributed by atoms with E-state index in [0.717, 1.165) is 12.1 Å². The van der Waals surface area contributed by atoms with Crippen molar-refractivity contribution in [3.63, 3.8) is 0 Å². The summed E-state index contributed by atoms with van der Waals surface area (Å²) in [6.07, 6.45) is 1.96. The molecule has 0 amide bonds. The van der Waals surface area contributed by atoms with E-state index in [0.29, 0.717) is 11.8 Å². The van der Waals surface area contributed by atoms with Crippen molar-refractivity contribution in [3.05, 3.63) is 29.8 Å². The number of hydrogen-bond donors (Lipinski definition) is 1. The predicted molar refractivity (Wildman–Crippen MR) is 68.4 cm³/mol. The van der Waals surface area contributed by atoms with Gasteiger partial charge in [-0.25, -0.2) is 4.79 Å². The lowest BCUT2D eigenvalue weighted by molar-refractivity contribution is -0.147. The molecule has 4 nitrogen and oxygen atoms in total. The van der Waals surface area contributed by atoms with Gasteiger partial charge in [-0.15, -0.1) is 0 Å². The van der Waals surface area contributed by atoms with Crippen molar-refractivity contribution in [2.24, 2.45) is 0 Å². The van der Waals surface area contributed by atoms with Crippen molar-refractivity contribution in [1.82, 2.24) is 5.32 Å². The zero-order valence-electron chi connectivity index (χ0n) is 10.8. The normalized spacial score (nSPS) is 16.1. The van der Waals surface area contributed by atoms with Crippen molar-refractivity contribution in [2.45, 2.75) is 38.5 Å². The van der Waals surface area contributed by atoms with Crippen LogP contribution in [0.1, 0.15) is 25.3 Å². The number of methoxy groups -OCH3 is 1. The molecule has 0 radical (unpaired) electrons. The average Bonchev–Trinajstić information content (AvgIpc) is 3.20. The average molecular weight is 249 g/mol. The lowest BCUT2D eigenvalue weighted by Gasteiger charge is -2.13. The van der Waals surface area contributed by atoms with Gasteiger partial charge in [0.05, 0.1) is 7.11 Å². The minimum Gasteiger partial charge on any atom is -0.479 e. The number of carbonyl (C=O) groups excluding carboxylic acids is 1. The monoisotopic (exact) mass is 249 g/mol. The lowest BCUT2D eigenvalue weighted by atomic mass is 10.2. The van der Waals surface area contributed by atoms with Crippen LogP contribution in [0, 0.1) is 0 Å². The Bertz CT molecular complexity index is 415. The molecule has 1 aromatic carbocycles. The van der Waals surface area contributed by atoms with Crippen LogP contribution in [0.4, 0.5) is 0 Å². The molecule has 1 saturated carbocycles. The molecule has 0 bridgehead atoms. The molecule has 0 aliphatic heterocycles. The molecular weight excluding hydrogens is 230 g/mol. The maximum Gasteiger partial charge on any atom is 0.346 e. The molecule has 1 aromatic rings. The fraction of sp³-hybridized carbons (Fsp3) is 0.500. The highest BCUT2D eigenvalue weighted by Gasteiger charge is 2.20. The van der Waals surface area contributed by atoms with Gasteiger partial charge in [0.25, 0.3) is 0 Å². The molecule has 0 spiro atoms. The van der Waals surface area contributed by atoms with Crippen LogP contribution in [-0.2, 0) is 16.1 Å². The van der Waals surface area contributed by atoms with Crippen LogP contribution < -0.4 is 10.1 Å². The fourth-order valence-electron chi connectivity index (χ4n) is 1.70. The summed E-state index contributed by atoms with van der Waals surface area (Å²) in [5.41, 5.74) is 1.16. The SMILES string of the molecule is COC(=O)C(C)Oc1cccc(CNC2CC2)c1. The molecule has 98 valence electrons. The first kappa shape index (κ1) is 12.9. The van der Waals surface area contributed by atoms with Crippen molar-refractivity contribution in [2.75, 3.05) is 7.11 Å². The third kappa shape index (κ3) is 3.74. The predicted octanol–water partition coefficient (Wildman–Crippen LogP) is 1.88. The van der Waals surface area contributed by atoms with Crippen molar-refractivity contribution in [3.8, 4) is 5.75 Å². The maximum absolute atomic E-state index is 11.3. The topological polar surface area (TPSA) is 47.6 Å². The second-order valence-electron chi connectivity index (χ2n) is 4.59. The quantitative estimate of drug-likeness (QED) is 0.782. The van der Waals surface area contributed by atoms with Crippen LogP contribution in [0.15, 0.2) is 24.3 Å². The molecule has 0 saturated heterocycles. The van der Waals surface area contributed by atoms with E-state index in [2.05, 4.69) is 10.1 Å². The smallest absolute Gasteiger partial charge is 0.346 e. The second-order valence-corrected chi connectivity index (χ2v) is 4.59. The first-order chi connectivity index (χ1) is 8.69. The molecule has 0 heterocycles. The van der Waals surface area contributed by atoms with Gasteiger partial charge in [-0.2, -0.15) is 0 Å². The Kier molecular flexibility index (Phi) is 4.20. The Hall–Kier alpha value is -1.55. The molecule has 1 unspecified atom stereocenters. The van der Waals surface area contributed by atoms with Gasteiger partial charge < -0.3 is 14.8 Å². The number of nitrogens with one attached hydrogen (secondary N) is 1. The van der Waals surface area contributed by atoms with Gasteiger partial charge in [0.2, 0.25) is 0 Å². The van der Waals surface area contributed by atoms with Crippen LogP contribution in [-0.4, -0.2) is 25.2 Å². The molecule has 2 rings (SSSR count). The molecule has 1 N–H and O–H groups in total. The van der Waals surface area contributed by atoms with E-state index in [4.69, 9.17) is 4.74 Å². The molecule has 1 aliphatic rings. The van der Waals surface area contributed by atoms with Gasteiger partial charge >= 0.3 is 5.97 Å². The van der Waals surface area contributed by atoms with E-state index in [1.54, 1.807) is 6.92 Å². The van der Waals surface area contributed by atoms with E-state index in [-0.39, 0.29) is 5.97 Å². The van der Waals surface area contributed by atoms with Gasteiger partial charge in [-0.05, 0) is 37.5 Å². The molecule has 1 fully saturated rings. The second kappa shape index (κ2) is 5.87. The number of benzene rings is 1. The summed E-state index contributed by atoms with van der Waals surface area (Å²) in [6, 6.07) is 8.46. The van der Waals surface area contributed by atoms with Crippen molar-refractivity contribution < 1.29 is 14.3 Å². The zero-order chi connectivity index (χ0) is 13.0. The molecule has 0 aromatic heterocycles. The van der Waals surface area contributed by atoms with E-state index < -0.39 is 6.10 Å². The van der Waals surface area contributed by atoms with Gasteiger partial charge in [0.15, 0.2) is 6.10 Å². The minimum absolute atomic E-state index is 0.364. The fourth-order valence-corrected chi connectivity index (χ4v) is 1.70. The Balaban J connectivity index is 1.91. The Morgan fingerprint density at radius 1 is 1.50 bits per heavy atom. The lowest BCUT2D eigenvalue weighted by Crippen LogP contribution is -2.25. The molecule has 4 heteroatoms. The summed E-state index contributed by atoms with van der Waals surface area (Å²) in [5.74, 6) is 0.333. The summed E-state index contributed by atoms with van der Waals surface area (Å²) in [7, 11) is 1.36. The summed E-state index contributed by atoms with van der Waals surface area (Å²) in [5, 5.41) is 3.44. The first-order valence-electron chi connectivity index (χ1n) is 6.26. The van der Waals surface area contributed by atoms with Gasteiger partial charge in [0.1, 0.15) is 5.75 Å². The third-order valence-electron chi connectivity index (χ3n) is 2.92. The van der Waals surface area contributed by atoms with Gasteiger partial charge in [0, 0.05) is 12.6 Å². The first-order valence-corrected chi connectivity index (χ1v) is 6.26. The largest absolute Gasteiger partial charge is 0.479 e. The highest BCUT2D eigenvalue weighted by atomic mass is 16.6. The van der Waals surface area contributed by atoms with Crippen molar-refractivity contribution >= 4 is 5.97 Å². The van der Waals surface area contributed by atoms with Crippen LogP contribution in [0.25, 0.3) is 0 Å². The number of ether oxygens (including phenoxy) is 2. The summed E-state index contributed by atoms with van der Waals surface area (Å²) in [6.45, 7) is 2.52. The summed E-state index contributed by atoms with van der Waals surface area (Å²) in [4.78, 5) is 11.3. The number of rotatable bonds is 6. The highest BCUT2D eigenvalue weighted by Crippen LogP contribution is 2.20. The number of carbonyl (C=O) groups is 1. The Labute approximate surface area is 107 Å². The zero-order valence-corrected chi connectivity index (χ0v) is 10.8. The standard InChI is InChI=1S/C14H19NO3/c1-10(14(16)17-2)18-13-5-3-4-11(8-13)9-15-12-6-7-12/h3-5,8,10,12,15H,6-7,9H2,1-2H3. The summed E-state index contributed by atoms with van der Waals surface area (Å²) < 4.78 is 10.2. The molecule has 18 heavy (non-hydrogen) atoms. The van der Waals surface area contributed by atoms with E-state index in [1.165, 1.54) is 20.0 Å². The van der Waals surface area contributed by atoms with Crippen LogP contribution in [0.2, 0.25) is 0 Å². The molecular formula is C14H19NO3. The van der Waals surface area contributed by atoms with Gasteiger partial charge in [-0.3, -0.25) is 0 Å². The van der Waals surface area contributed by atoms with E-state index in [1.807, 2.05) is 24.3 Å². The van der Waals surface area contributed by atoms with Crippen LogP contribution >= 0.6 is 0 Å². The van der Waals surface area contributed by atoms with Gasteiger partial charge in [-0.1, -0.05) is 12.1 Å². The minimum atomic E-state index is -0.582. The van der Waals surface area contributed by atoms with Crippen molar-refractivity contribution in [1.29, 1.82) is 0 Å². The maximum atomic E-state index is 11.3. The van der Waals surface area contributed by atoms with Crippen LogP contribution in [0.5, 0.6) is 5.75 Å². The molecule has 1 atom stereocenters. The Morgan fingerprint density at radius 3 is 2.94 bits per heavy atom. The summed E-state index contributed by atoms with van der Waals surface area (Å²) >= 11 is 0. The number of hydrogen-bond acceptors (Lipinski definition) is 4. The van der Waals surface area contributed by atoms with E-state index in [9.17, 15) is 4.79 Å². The number of esters is 1. The highest BCUT2D eigenvalue weighted by molar-refractivity contribution is 5.74.